The Kier molecular flexibility index (Phi) is 7.33. The highest BCUT2D eigenvalue weighted by Crippen LogP contribution is 2.19. The number of nitrogens with one attached hydrogen (secondary N) is 2. The highest BCUT2D eigenvalue weighted by molar-refractivity contribution is 7.99. The van der Waals surface area contributed by atoms with Gasteiger partial charge in [-0.25, -0.2) is 4.39 Å². The van der Waals surface area contributed by atoms with Gasteiger partial charge < -0.3 is 15.4 Å². The van der Waals surface area contributed by atoms with Crippen molar-refractivity contribution in [3.05, 3.63) is 77.9 Å². The molecule has 2 heterocycles. The summed E-state index contributed by atoms with van der Waals surface area (Å²) in [5.74, 6) is 0.516. The SMILES string of the molecule is COc1cccc(NC(=O)CSc2ccc3nnc(CCNC(=O)c4ccc(F)cc4)n3n2)c1. The van der Waals surface area contributed by atoms with Crippen molar-refractivity contribution in [2.45, 2.75) is 11.4 Å². The molecule has 9 nitrogen and oxygen atoms in total. The van der Waals surface area contributed by atoms with Gasteiger partial charge in [0.15, 0.2) is 11.5 Å². The molecule has 2 amide bonds. The molecule has 0 saturated heterocycles. The molecule has 0 aliphatic heterocycles. The molecule has 0 aliphatic rings. The predicted molar refractivity (Wildman–Crippen MR) is 126 cm³/mol. The summed E-state index contributed by atoms with van der Waals surface area (Å²) in [4.78, 5) is 24.5. The minimum atomic E-state index is -0.399. The van der Waals surface area contributed by atoms with E-state index in [1.165, 1.54) is 36.0 Å². The van der Waals surface area contributed by atoms with Crippen molar-refractivity contribution in [1.82, 2.24) is 25.1 Å². The molecule has 0 saturated carbocycles. The van der Waals surface area contributed by atoms with E-state index in [2.05, 4.69) is 25.9 Å². The van der Waals surface area contributed by atoms with Gasteiger partial charge in [-0.05, 0) is 48.5 Å². The molecule has 0 aliphatic carbocycles. The number of anilines is 1. The number of nitrogens with zero attached hydrogens (tertiary/aromatic N) is 4. The predicted octanol–water partition coefficient (Wildman–Crippen LogP) is 2.98. The van der Waals surface area contributed by atoms with Crippen LogP contribution in [0.1, 0.15) is 16.2 Å². The van der Waals surface area contributed by atoms with Crippen LogP contribution in [-0.2, 0) is 11.2 Å². The number of benzene rings is 2. The van der Waals surface area contributed by atoms with Crippen molar-refractivity contribution in [2.24, 2.45) is 0 Å². The summed E-state index contributed by atoms with van der Waals surface area (Å²) >= 11 is 1.28. The van der Waals surface area contributed by atoms with Crippen molar-refractivity contribution in [1.29, 1.82) is 0 Å². The number of hydrogen-bond acceptors (Lipinski definition) is 7. The van der Waals surface area contributed by atoms with Gasteiger partial charge in [0.2, 0.25) is 5.91 Å². The molecule has 2 aromatic carbocycles. The Labute approximate surface area is 198 Å². The first-order valence-corrected chi connectivity index (χ1v) is 11.3. The Morgan fingerprint density at radius 3 is 2.71 bits per heavy atom. The number of amides is 2. The first kappa shape index (κ1) is 23.2. The largest absolute Gasteiger partial charge is 0.497 e. The summed E-state index contributed by atoms with van der Waals surface area (Å²) in [6, 6.07) is 16.0. The van der Waals surface area contributed by atoms with Crippen LogP contribution < -0.4 is 15.4 Å². The lowest BCUT2D eigenvalue weighted by atomic mass is 10.2. The van der Waals surface area contributed by atoms with Crippen LogP contribution in [-0.4, -0.2) is 51.0 Å². The van der Waals surface area contributed by atoms with Crippen LogP contribution in [0.5, 0.6) is 5.75 Å². The van der Waals surface area contributed by atoms with E-state index in [0.717, 1.165) is 0 Å². The third-order valence-corrected chi connectivity index (χ3v) is 5.67. The molecule has 0 bridgehead atoms. The summed E-state index contributed by atoms with van der Waals surface area (Å²) in [5.41, 5.74) is 1.58. The fourth-order valence-electron chi connectivity index (χ4n) is 3.08. The van der Waals surface area contributed by atoms with E-state index in [-0.39, 0.29) is 17.6 Å². The summed E-state index contributed by atoms with van der Waals surface area (Å²) in [5, 5.41) is 19.0. The lowest BCUT2D eigenvalue weighted by molar-refractivity contribution is -0.113. The monoisotopic (exact) mass is 480 g/mol. The molecule has 0 atom stereocenters. The Morgan fingerprint density at radius 1 is 1.09 bits per heavy atom. The smallest absolute Gasteiger partial charge is 0.251 e. The standard InChI is InChI=1S/C23H21FN6O3S/c1-33-18-4-2-3-17(13-18)26-21(31)14-34-22-10-9-19-27-28-20(30(19)29-22)11-12-25-23(32)15-5-7-16(24)8-6-15/h2-10,13H,11-12,14H2,1H3,(H,25,32)(H,26,31). The van der Waals surface area contributed by atoms with E-state index in [0.29, 0.717) is 46.5 Å². The lowest BCUT2D eigenvalue weighted by Crippen LogP contribution is -2.26. The van der Waals surface area contributed by atoms with Crippen LogP contribution >= 0.6 is 11.8 Å². The zero-order valence-corrected chi connectivity index (χ0v) is 19.0. The van der Waals surface area contributed by atoms with Gasteiger partial charge in [-0.15, -0.1) is 10.2 Å². The molecule has 0 unspecified atom stereocenters. The van der Waals surface area contributed by atoms with Crippen molar-refractivity contribution >= 4 is 34.9 Å². The summed E-state index contributed by atoms with van der Waals surface area (Å²) in [6.07, 6.45) is 0.394. The molecular formula is C23H21FN6O3S. The Morgan fingerprint density at radius 2 is 1.91 bits per heavy atom. The molecule has 0 radical (unpaired) electrons. The van der Waals surface area contributed by atoms with E-state index in [1.807, 2.05) is 0 Å². The third kappa shape index (κ3) is 5.87. The molecule has 2 N–H and O–H groups in total. The van der Waals surface area contributed by atoms with Crippen molar-refractivity contribution in [3.8, 4) is 5.75 Å². The first-order chi connectivity index (χ1) is 16.5. The number of aromatic nitrogens is 4. The van der Waals surface area contributed by atoms with Gasteiger partial charge in [0, 0.05) is 30.3 Å². The number of carbonyl (C=O) groups excluding carboxylic acids is 2. The molecule has 4 aromatic rings. The third-order valence-electron chi connectivity index (χ3n) is 4.75. The lowest BCUT2D eigenvalue weighted by Gasteiger charge is -2.07. The van der Waals surface area contributed by atoms with E-state index < -0.39 is 5.82 Å². The molecule has 0 fully saturated rings. The van der Waals surface area contributed by atoms with Crippen LogP contribution in [0.15, 0.2) is 65.7 Å². The average molecular weight is 481 g/mol. The molecule has 4 rings (SSSR count). The fourth-order valence-corrected chi connectivity index (χ4v) is 3.73. The average Bonchev–Trinajstić information content (AvgIpc) is 3.25. The van der Waals surface area contributed by atoms with Crippen molar-refractivity contribution in [3.63, 3.8) is 0 Å². The Hall–Kier alpha value is -3.99. The van der Waals surface area contributed by atoms with Gasteiger partial charge in [-0.3, -0.25) is 9.59 Å². The highest BCUT2D eigenvalue weighted by Gasteiger charge is 2.11. The molecule has 11 heteroatoms. The number of thioether (sulfide) groups is 1. The van der Waals surface area contributed by atoms with Crippen LogP contribution in [0.3, 0.4) is 0 Å². The van der Waals surface area contributed by atoms with Gasteiger partial charge in [0.05, 0.1) is 12.9 Å². The molecule has 2 aromatic heterocycles. The van der Waals surface area contributed by atoms with E-state index in [9.17, 15) is 14.0 Å². The number of hydrogen-bond donors (Lipinski definition) is 2. The number of ether oxygens (including phenoxy) is 1. The molecular weight excluding hydrogens is 459 g/mol. The molecule has 34 heavy (non-hydrogen) atoms. The van der Waals surface area contributed by atoms with Crippen molar-refractivity contribution < 1.29 is 18.7 Å². The molecule has 174 valence electrons. The number of methoxy groups -OCH3 is 1. The summed E-state index contributed by atoms with van der Waals surface area (Å²) in [6.45, 7) is 0.305. The second-order valence-electron chi connectivity index (χ2n) is 7.14. The maximum absolute atomic E-state index is 13.0. The fraction of sp³-hybridized carbons (Fsp3) is 0.174. The Bertz CT molecular complexity index is 1310. The first-order valence-electron chi connectivity index (χ1n) is 10.3. The van der Waals surface area contributed by atoms with Gasteiger partial charge in [0.1, 0.15) is 16.6 Å². The van der Waals surface area contributed by atoms with E-state index >= 15 is 0 Å². The minimum absolute atomic E-state index is 0.168. The maximum atomic E-state index is 13.0. The van der Waals surface area contributed by atoms with Gasteiger partial charge in [-0.2, -0.15) is 9.61 Å². The minimum Gasteiger partial charge on any atom is -0.497 e. The number of carbonyl (C=O) groups is 2. The van der Waals surface area contributed by atoms with Crippen LogP contribution in [0, 0.1) is 5.82 Å². The summed E-state index contributed by atoms with van der Waals surface area (Å²) < 4.78 is 19.8. The maximum Gasteiger partial charge on any atom is 0.251 e. The van der Waals surface area contributed by atoms with E-state index in [4.69, 9.17) is 4.74 Å². The Balaban J connectivity index is 1.33. The zero-order valence-electron chi connectivity index (χ0n) is 18.2. The second kappa shape index (κ2) is 10.8. The number of rotatable bonds is 9. The summed E-state index contributed by atoms with van der Waals surface area (Å²) in [7, 11) is 1.57. The van der Waals surface area contributed by atoms with Gasteiger partial charge in [-0.1, -0.05) is 17.8 Å². The van der Waals surface area contributed by atoms with Gasteiger partial charge in [0.25, 0.3) is 5.91 Å². The quantitative estimate of drug-likeness (QED) is 0.354. The van der Waals surface area contributed by atoms with Crippen molar-refractivity contribution in [2.75, 3.05) is 24.7 Å². The highest BCUT2D eigenvalue weighted by atomic mass is 32.2. The van der Waals surface area contributed by atoms with E-state index in [1.54, 1.807) is 48.0 Å². The van der Waals surface area contributed by atoms with Crippen LogP contribution in [0.2, 0.25) is 0 Å². The number of fused-ring (bicyclic) bond motifs is 1. The zero-order chi connectivity index (χ0) is 23.9. The normalized spacial score (nSPS) is 10.8. The van der Waals surface area contributed by atoms with Crippen LogP contribution in [0.4, 0.5) is 10.1 Å². The number of halogens is 1. The second-order valence-corrected chi connectivity index (χ2v) is 8.14. The van der Waals surface area contributed by atoms with Gasteiger partial charge >= 0.3 is 0 Å². The van der Waals surface area contributed by atoms with Crippen LogP contribution in [0.25, 0.3) is 5.65 Å². The molecule has 0 spiro atoms. The topological polar surface area (TPSA) is 111 Å².